The molecule has 0 radical (unpaired) electrons. The van der Waals surface area contributed by atoms with Crippen molar-refractivity contribution in [2.75, 3.05) is 19.7 Å². The smallest absolute Gasteiger partial charge is 0.409 e. The van der Waals surface area contributed by atoms with Crippen molar-refractivity contribution in [2.45, 2.75) is 43.3 Å². The van der Waals surface area contributed by atoms with E-state index in [1.807, 2.05) is 24.3 Å². The minimum Gasteiger partial charge on any atom is -0.481 e. The van der Waals surface area contributed by atoms with Gasteiger partial charge in [-0.25, -0.2) is 4.79 Å². The number of carboxylic acid groups (broad SMARTS) is 1. The van der Waals surface area contributed by atoms with E-state index in [0.717, 1.165) is 19.3 Å². The van der Waals surface area contributed by atoms with Gasteiger partial charge in [0.25, 0.3) is 0 Å². The molecule has 1 aliphatic heterocycles. The summed E-state index contributed by atoms with van der Waals surface area (Å²) in [6, 6.07) is 16.5. The fourth-order valence-corrected chi connectivity index (χ4v) is 5.06. The molecule has 2 aliphatic carbocycles. The molecule has 156 valence electrons. The number of ether oxygens (including phenoxy) is 2. The lowest BCUT2D eigenvalue weighted by Gasteiger charge is -2.50. The van der Waals surface area contributed by atoms with Crippen molar-refractivity contribution >= 4 is 12.1 Å². The SMILES string of the molecule is O=C(O)CC1CN(C(=O)OCC2c3ccccc3-c3ccccc32)CC2(CCC2)O1. The van der Waals surface area contributed by atoms with Crippen LogP contribution in [0, 0.1) is 0 Å². The van der Waals surface area contributed by atoms with Gasteiger partial charge in [-0.2, -0.15) is 0 Å². The van der Waals surface area contributed by atoms with Gasteiger partial charge < -0.3 is 19.5 Å². The van der Waals surface area contributed by atoms with Crippen molar-refractivity contribution in [2.24, 2.45) is 0 Å². The van der Waals surface area contributed by atoms with Crippen LogP contribution in [0.4, 0.5) is 4.79 Å². The summed E-state index contributed by atoms with van der Waals surface area (Å²) in [5, 5.41) is 9.17. The summed E-state index contributed by atoms with van der Waals surface area (Å²) in [5.41, 5.74) is 4.33. The summed E-state index contributed by atoms with van der Waals surface area (Å²) in [4.78, 5) is 25.8. The fraction of sp³-hybridized carbons (Fsp3) is 0.417. The van der Waals surface area contributed by atoms with Crippen LogP contribution < -0.4 is 0 Å². The van der Waals surface area contributed by atoms with Gasteiger partial charge in [0.15, 0.2) is 0 Å². The van der Waals surface area contributed by atoms with Crippen LogP contribution in [0.15, 0.2) is 48.5 Å². The maximum absolute atomic E-state index is 12.9. The first-order chi connectivity index (χ1) is 14.5. The number of carbonyl (C=O) groups is 2. The Kier molecular flexibility index (Phi) is 4.74. The fourth-order valence-electron chi connectivity index (χ4n) is 5.06. The molecule has 30 heavy (non-hydrogen) atoms. The summed E-state index contributed by atoms with van der Waals surface area (Å²) in [7, 11) is 0. The Morgan fingerprint density at radius 2 is 1.70 bits per heavy atom. The third kappa shape index (κ3) is 3.35. The maximum atomic E-state index is 12.9. The largest absolute Gasteiger partial charge is 0.481 e. The zero-order valence-electron chi connectivity index (χ0n) is 16.8. The Hall–Kier alpha value is -2.86. The quantitative estimate of drug-likeness (QED) is 0.828. The number of aliphatic carboxylic acids is 1. The van der Waals surface area contributed by atoms with Gasteiger partial charge in [0.1, 0.15) is 6.61 Å². The lowest BCUT2D eigenvalue weighted by atomic mass is 9.78. The molecule has 0 aromatic heterocycles. The molecule has 2 aromatic carbocycles. The van der Waals surface area contributed by atoms with Crippen LogP contribution in [-0.2, 0) is 14.3 Å². The molecule has 1 atom stereocenters. The molecule has 1 spiro atoms. The van der Waals surface area contributed by atoms with Crippen LogP contribution in [0.1, 0.15) is 42.7 Å². The second kappa shape index (κ2) is 7.43. The molecular weight excluding hydrogens is 382 g/mol. The van der Waals surface area contributed by atoms with Crippen molar-refractivity contribution < 1.29 is 24.2 Å². The molecular formula is C24H25NO5. The zero-order valence-corrected chi connectivity index (χ0v) is 16.8. The first-order valence-corrected chi connectivity index (χ1v) is 10.5. The van der Waals surface area contributed by atoms with Gasteiger partial charge in [0, 0.05) is 5.92 Å². The van der Waals surface area contributed by atoms with Gasteiger partial charge in [0.05, 0.1) is 31.2 Å². The second-order valence-electron chi connectivity index (χ2n) is 8.56. The molecule has 2 fully saturated rings. The van der Waals surface area contributed by atoms with Gasteiger partial charge in [-0.15, -0.1) is 0 Å². The van der Waals surface area contributed by atoms with E-state index in [1.165, 1.54) is 22.3 Å². The average molecular weight is 407 g/mol. The van der Waals surface area contributed by atoms with E-state index in [1.54, 1.807) is 4.90 Å². The molecule has 0 bridgehead atoms. The highest BCUT2D eigenvalue weighted by molar-refractivity contribution is 5.79. The second-order valence-corrected chi connectivity index (χ2v) is 8.56. The zero-order chi connectivity index (χ0) is 20.7. The Morgan fingerprint density at radius 1 is 1.07 bits per heavy atom. The van der Waals surface area contributed by atoms with E-state index >= 15 is 0 Å². The number of nitrogens with zero attached hydrogens (tertiary/aromatic N) is 1. The maximum Gasteiger partial charge on any atom is 0.409 e. The number of hydrogen-bond donors (Lipinski definition) is 1. The number of hydrogen-bond acceptors (Lipinski definition) is 4. The standard InChI is InChI=1S/C24H25NO5/c26-22(27)12-16-13-25(15-24(30-16)10-5-11-24)23(28)29-14-21-19-8-3-1-6-17(19)18-7-2-4-9-20(18)21/h1-4,6-9,16,21H,5,10-15H2,(H,26,27). The number of amides is 1. The summed E-state index contributed by atoms with van der Waals surface area (Å²) < 4.78 is 11.8. The molecule has 1 amide bonds. The molecule has 2 aromatic rings. The first kappa shape index (κ1) is 19.1. The van der Waals surface area contributed by atoms with Crippen LogP contribution in [0.5, 0.6) is 0 Å². The molecule has 5 rings (SSSR count). The normalized spacial score (nSPS) is 21.6. The minimum atomic E-state index is -0.913. The molecule has 6 heteroatoms. The van der Waals surface area contributed by atoms with Gasteiger partial charge in [-0.1, -0.05) is 48.5 Å². The van der Waals surface area contributed by atoms with Crippen molar-refractivity contribution in [3.63, 3.8) is 0 Å². The van der Waals surface area contributed by atoms with Crippen LogP contribution >= 0.6 is 0 Å². The predicted octanol–water partition coefficient (Wildman–Crippen LogP) is 4.03. The lowest BCUT2D eigenvalue weighted by molar-refractivity contribution is -0.190. The Morgan fingerprint density at radius 3 is 2.27 bits per heavy atom. The third-order valence-corrected chi connectivity index (χ3v) is 6.58. The summed E-state index contributed by atoms with van der Waals surface area (Å²) in [5.74, 6) is -0.904. The summed E-state index contributed by atoms with van der Waals surface area (Å²) >= 11 is 0. The highest BCUT2D eigenvalue weighted by atomic mass is 16.6. The molecule has 1 saturated heterocycles. The number of fused-ring (bicyclic) bond motifs is 3. The van der Waals surface area contributed by atoms with Crippen LogP contribution in [0.2, 0.25) is 0 Å². The van der Waals surface area contributed by atoms with Gasteiger partial charge in [-0.05, 0) is 41.5 Å². The predicted molar refractivity (Wildman–Crippen MR) is 110 cm³/mol. The molecule has 1 unspecified atom stereocenters. The van der Waals surface area contributed by atoms with E-state index in [-0.39, 0.29) is 31.6 Å². The highest BCUT2D eigenvalue weighted by Crippen LogP contribution is 2.45. The molecule has 1 N–H and O–H groups in total. The van der Waals surface area contributed by atoms with Gasteiger partial charge in [-0.3, -0.25) is 4.79 Å². The highest BCUT2D eigenvalue weighted by Gasteiger charge is 2.47. The Labute approximate surface area is 175 Å². The summed E-state index contributed by atoms with van der Waals surface area (Å²) in [6.45, 7) is 0.991. The van der Waals surface area contributed by atoms with Crippen molar-refractivity contribution in [3.8, 4) is 11.1 Å². The minimum absolute atomic E-state index is 0.00914. The molecule has 1 heterocycles. The average Bonchev–Trinajstić information content (AvgIpc) is 3.04. The number of benzene rings is 2. The van der Waals surface area contributed by atoms with E-state index in [4.69, 9.17) is 14.6 Å². The van der Waals surface area contributed by atoms with Crippen LogP contribution in [0.3, 0.4) is 0 Å². The van der Waals surface area contributed by atoms with Gasteiger partial charge >= 0.3 is 12.1 Å². The van der Waals surface area contributed by atoms with Crippen molar-refractivity contribution in [3.05, 3.63) is 59.7 Å². The lowest BCUT2D eigenvalue weighted by Crippen LogP contribution is -2.60. The van der Waals surface area contributed by atoms with E-state index < -0.39 is 17.7 Å². The molecule has 3 aliphatic rings. The number of carbonyl (C=O) groups excluding carboxylic acids is 1. The monoisotopic (exact) mass is 407 g/mol. The Bertz CT molecular complexity index is 938. The molecule has 6 nitrogen and oxygen atoms in total. The van der Waals surface area contributed by atoms with Crippen molar-refractivity contribution in [1.29, 1.82) is 0 Å². The molecule has 1 saturated carbocycles. The topological polar surface area (TPSA) is 76.1 Å². The van der Waals surface area contributed by atoms with Crippen LogP contribution in [0.25, 0.3) is 11.1 Å². The Balaban J connectivity index is 1.31. The van der Waals surface area contributed by atoms with E-state index in [0.29, 0.717) is 6.54 Å². The number of morpholine rings is 1. The van der Waals surface area contributed by atoms with Gasteiger partial charge in [0.2, 0.25) is 0 Å². The van der Waals surface area contributed by atoms with E-state index in [2.05, 4.69) is 24.3 Å². The van der Waals surface area contributed by atoms with E-state index in [9.17, 15) is 9.59 Å². The number of carboxylic acids is 1. The number of rotatable bonds is 4. The third-order valence-electron chi connectivity index (χ3n) is 6.58. The summed E-state index contributed by atoms with van der Waals surface area (Å²) in [6.07, 6.45) is 1.78. The van der Waals surface area contributed by atoms with Crippen LogP contribution in [-0.4, -0.2) is 53.5 Å². The first-order valence-electron chi connectivity index (χ1n) is 10.5. The van der Waals surface area contributed by atoms with Crippen molar-refractivity contribution in [1.82, 2.24) is 4.90 Å².